The summed E-state index contributed by atoms with van der Waals surface area (Å²) in [5.74, 6) is 0.203. The fourth-order valence-electron chi connectivity index (χ4n) is 3.52. The molecule has 1 aliphatic heterocycles. The summed E-state index contributed by atoms with van der Waals surface area (Å²) >= 11 is 0. The largest absolute Gasteiger partial charge is 0.383 e. The third-order valence-corrected chi connectivity index (χ3v) is 4.98. The highest BCUT2D eigenvalue weighted by atomic mass is 16.5. The topological polar surface area (TPSA) is 71.5 Å². The standard InChI is InChI=1S/C21H27N3O3/c1-14(2)21(26)24-10-8-15(13-24)19-12-17(20(25)22-9-11-27-3)16-6-4-5-7-18(16)23-19/h4-7,12,14-15H,8-11,13H2,1-3H3,(H,22,25)/t15-/m0/s1. The molecule has 3 rings (SSSR count). The number of methoxy groups -OCH3 is 1. The van der Waals surface area contributed by atoms with E-state index in [1.54, 1.807) is 7.11 Å². The number of amides is 2. The van der Waals surface area contributed by atoms with Crippen molar-refractivity contribution >= 4 is 22.7 Å². The van der Waals surface area contributed by atoms with Gasteiger partial charge in [0, 0.05) is 49.7 Å². The maximum atomic E-state index is 12.7. The van der Waals surface area contributed by atoms with Gasteiger partial charge in [0.05, 0.1) is 17.7 Å². The Kier molecular flexibility index (Phi) is 6.06. The first-order valence-electron chi connectivity index (χ1n) is 9.47. The maximum Gasteiger partial charge on any atom is 0.252 e. The van der Waals surface area contributed by atoms with E-state index in [0.717, 1.165) is 29.6 Å². The van der Waals surface area contributed by atoms with Gasteiger partial charge in [0.2, 0.25) is 5.91 Å². The lowest BCUT2D eigenvalue weighted by molar-refractivity contribution is -0.133. The third kappa shape index (κ3) is 4.27. The highest BCUT2D eigenvalue weighted by Gasteiger charge is 2.30. The Morgan fingerprint density at radius 3 is 2.85 bits per heavy atom. The molecule has 1 fully saturated rings. The van der Waals surface area contributed by atoms with Crippen molar-refractivity contribution in [1.82, 2.24) is 15.2 Å². The van der Waals surface area contributed by atoms with Crippen LogP contribution in [0, 0.1) is 5.92 Å². The predicted molar refractivity (Wildman–Crippen MR) is 105 cm³/mol. The molecule has 1 aliphatic rings. The third-order valence-electron chi connectivity index (χ3n) is 4.98. The van der Waals surface area contributed by atoms with Gasteiger partial charge in [-0.15, -0.1) is 0 Å². The number of nitrogens with one attached hydrogen (secondary N) is 1. The van der Waals surface area contributed by atoms with Crippen LogP contribution in [0.15, 0.2) is 30.3 Å². The molecule has 1 atom stereocenters. The van der Waals surface area contributed by atoms with Crippen LogP contribution in [0.25, 0.3) is 10.9 Å². The lowest BCUT2D eigenvalue weighted by Crippen LogP contribution is -2.32. The Bertz CT molecular complexity index is 835. The zero-order valence-corrected chi connectivity index (χ0v) is 16.2. The minimum Gasteiger partial charge on any atom is -0.383 e. The van der Waals surface area contributed by atoms with Crippen molar-refractivity contribution < 1.29 is 14.3 Å². The number of pyridine rings is 1. The molecule has 144 valence electrons. The van der Waals surface area contributed by atoms with Gasteiger partial charge in [-0.2, -0.15) is 0 Å². The number of fused-ring (bicyclic) bond motifs is 1. The Morgan fingerprint density at radius 1 is 1.33 bits per heavy atom. The van der Waals surface area contributed by atoms with Crippen LogP contribution in [0.3, 0.4) is 0 Å². The summed E-state index contributed by atoms with van der Waals surface area (Å²) in [6.07, 6.45) is 0.870. The number of hydrogen-bond donors (Lipinski definition) is 1. The fourth-order valence-corrected chi connectivity index (χ4v) is 3.52. The van der Waals surface area contributed by atoms with Crippen LogP contribution in [0.1, 0.15) is 42.2 Å². The van der Waals surface area contributed by atoms with E-state index in [1.165, 1.54) is 0 Å². The van der Waals surface area contributed by atoms with Gasteiger partial charge in [-0.1, -0.05) is 32.0 Å². The number of para-hydroxylation sites is 1. The number of benzene rings is 1. The summed E-state index contributed by atoms with van der Waals surface area (Å²) in [5.41, 5.74) is 2.31. The second kappa shape index (κ2) is 8.48. The van der Waals surface area contributed by atoms with Crippen LogP contribution >= 0.6 is 0 Å². The van der Waals surface area contributed by atoms with Gasteiger partial charge in [-0.05, 0) is 18.6 Å². The molecule has 1 aromatic carbocycles. The molecule has 0 spiro atoms. The van der Waals surface area contributed by atoms with Crippen molar-refractivity contribution in [2.75, 3.05) is 33.4 Å². The number of carbonyl (C=O) groups excluding carboxylic acids is 2. The van der Waals surface area contributed by atoms with Crippen molar-refractivity contribution in [2.45, 2.75) is 26.2 Å². The summed E-state index contributed by atoms with van der Waals surface area (Å²) < 4.78 is 5.01. The minimum atomic E-state index is -0.125. The van der Waals surface area contributed by atoms with Gasteiger partial charge in [-0.25, -0.2) is 0 Å². The summed E-state index contributed by atoms with van der Waals surface area (Å²) in [4.78, 5) is 31.7. The molecular formula is C21H27N3O3. The smallest absolute Gasteiger partial charge is 0.252 e. The summed E-state index contributed by atoms with van der Waals surface area (Å²) in [7, 11) is 1.61. The normalized spacial score (nSPS) is 16.9. The summed E-state index contributed by atoms with van der Waals surface area (Å²) in [6.45, 7) is 6.18. The van der Waals surface area contributed by atoms with E-state index in [1.807, 2.05) is 49.1 Å². The van der Waals surface area contributed by atoms with E-state index in [4.69, 9.17) is 9.72 Å². The van der Waals surface area contributed by atoms with Crippen LogP contribution < -0.4 is 5.32 Å². The zero-order chi connectivity index (χ0) is 19.4. The number of ether oxygens (including phenoxy) is 1. The molecule has 6 heteroatoms. The van der Waals surface area contributed by atoms with Crippen LogP contribution in [0.2, 0.25) is 0 Å². The SMILES string of the molecule is COCCNC(=O)c1cc([C@H]2CCN(C(=O)C(C)C)C2)nc2ccccc12. The predicted octanol–water partition coefficient (Wildman–Crippen LogP) is 2.58. The molecule has 1 N–H and O–H groups in total. The molecule has 1 aromatic heterocycles. The number of carbonyl (C=O) groups is 2. The van der Waals surface area contributed by atoms with Crippen molar-refractivity contribution in [3.05, 3.63) is 41.6 Å². The molecule has 0 unspecified atom stereocenters. The van der Waals surface area contributed by atoms with E-state index in [2.05, 4.69) is 5.32 Å². The lowest BCUT2D eigenvalue weighted by atomic mass is 9.99. The molecule has 0 saturated carbocycles. The molecule has 0 radical (unpaired) electrons. The Balaban J connectivity index is 1.88. The quantitative estimate of drug-likeness (QED) is 0.795. The van der Waals surface area contributed by atoms with Crippen LogP contribution in [-0.2, 0) is 9.53 Å². The summed E-state index contributed by atoms with van der Waals surface area (Å²) in [5, 5.41) is 3.73. The lowest BCUT2D eigenvalue weighted by Gasteiger charge is -2.19. The molecular weight excluding hydrogens is 342 g/mol. The van der Waals surface area contributed by atoms with Crippen LogP contribution in [0.4, 0.5) is 0 Å². The first kappa shape index (κ1) is 19.3. The number of hydrogen-bond acceptors (Lipinski definition) is 4. The first-order valence-corrected chi connectivity index (χ1v) is 9.47. The van der Waals surface area contributed by atoms with Gasteiger partial charge in [0.1, 0.15) is 0 Å². The Labute approximate surface area is 159 Å². The highest BCUT2D eigenvalue weighted by Crippen LogP contribution is 2.30. The monoisotopic (exact) mass is 369 g/mol. The van der Waals surface area contributed by atoms with E-state index >= 15 is 0 Å². The fraction of sp³-hybridized carbons (Fsp3) is 0.476. The second-order valence-corrected chi connectivity index (χ2v) is 7.29. The molecule has 2 amide bonds. The van der Waals surface area contributed by atoms with Gasteiger partial charge in [-0.3, -0.25) is 14.6 Å². The van der Waals surface area contributed by atoms with Gasteiger partial charge < -0.3 is 15.0 Å². The van der Waals surface area contributed by atoms with E-state index in [0.29, 0.717) is 25.3 Å². The molecule has 1 saturated heterocycles. The van der Waals surface area contributed by atoms with Gasteiger partial charge >= 0.3 is 0 Å². The average Bonchev–Trinajstić information content (AvgIpc) is 3.16. The minimum absolute atomic E-state index is 0.00423. The molecule has 2 heterocycles. The van der Waals surface area contributed by atoms with E-state index < -0.39 is 0 Å². The maximum absolute atomic E-state index is 12.7. The molecule has 27 heavy (non-hydrogen) atoms. The van der Waals surface area contributed by atoms with E-state index in [9.17, 15) is 9.59 Å². The van der Waals surface area contributed by atoms with Crippen LogP contribution in [0.5, 0.6) is 0 Å². The second-order valence-electron chi connectivity index (χ2n) is 7.29. The number of nitrogens with zero attached hydrogens (tertiary/aromatic N) is 2. The Morgan fingerprint density at radius 2 is 2.11 bits per heavy atom. The number of likely N-dealkylation sites (tertiary alicyclic amines) is 1. The number of aromatic nitrogens is 1. The van der Waals surface area contributed by atoms with Crippen molar-refractivity contribution in [2.24, 2.45) is 5.92 Å². The van der Waals surface area contributed by atoms with Crippen molar-refractivity contribution in [3.8, 4) is 0 Å². The first-order chi connectivity index (χ1) is 13.0. The van der Waals surface area contributed by atoms with Crippen LogP contribution in [-0.4, -0.2) is 55.0 Å². The molecule has 2 aromatic rings. The Hall–Kier alpha value is -2.47. The van der Waals surface area contributed by atoms with E-state index in [-0.39, 0.29) is 23.7 Å². The molecule has 0 bridgehead atoms. The van der Waals surface area contributed by atoms with Gasteiger partial charge in [0.15, 0.2) is 0 Å². The molecule has 6 nitrogen and oxygen atoms in total. The van der Waals surface area contributed by atoms with Gasteiger partial charge in [0.25, 0.3) is 5.91 Å². The van der Waals surface area contributed by atoms with Crippen molar-refractivity contribution in [3.63, 3.8) is 0 Å². The molecule has 0 aliphatic carbocycles. The summed E-state index contributed by atoms with van der Waals surface area (Å²) in [6, 6.07) is 9.57. The highest BCUT2D eigenvalue weighted by molar-refractivity contribution is 6.06. The average molecular weight is 369 g/mol. The van der Waals surface area contributed by atoms with Crippen molar-refractivity contribution in [1.29, 1.82) is 0 Å². The number of rotatable bonds is 6. The zero-order valence-electron chi connectivity index (χ0n) is 16.2.